The van der Waals surface area contributed by atoms with Crippen molar-refractivity contribution in [2.45, 2.75) is 12.1 Å². The number of amides is 1. The summed E-state index contributed by atoms with van der Waals surface area (Å²) in [5, 5.41) is 14.5. The molecule has 0 aliphatic rings. The molecular formula is C25H22N4O4S. The lowest BCUT2D eigenvalue weighted by Gasteiger charge is -2.13. The molecule has 0 aliphatic heterocycles. The molecule has 0 aliphatic carbocycles. The van der Waals surface area contributed by atoms with Gasteiger partial charge in [-0.1, -0.05) is 41.6 Å². The van der Waals surface area contributed by atoms with Gasteiger partial charge in [-0.25, -0.2) is 10.4 Å². The summed E-state index contributed by atoms with van der Waals surface area (Å²) >= 11 is 1.15. The second kappa shape index (κ2) is 10.2. The quantitative estimate of drug-likeness (QED) is 0.183. The molecule has 0 spiro atoms. The average molecular weight is 475 g/mol. The number of thioether (sulfide) groups is 1. The molecule has 4 rings (SSSR count). The lowest BCUT2D eigenvalue weighted by Crippen LogP contribution is -2.24. The van der Waals surface area contributed by atoms with Crippen molar-refractivity contribution in [1.82, 2.24) is 15.0 Å². The molecule has 9 heteroatoms. The zero-order valence-corrected chi connectivity index (χ0v) is 19.4. The SMILES string of the molecule is COc1cc(/C=N/NC(=O)CSc2nc3ccc(C)cc3c(=O)n2-c2ccccc2)ccc1O. The molecule has 0 atom stereocenters. The van der Waals surface area contributed by atoms with E-state index in [4.69, 9.17) is 4.74 Å². The molecule has 0 radical (unpaired) electrons. The van der Waals surface area contributed by atoms with Crippen LogP contribution in [0.25, 0.3) is 16.6 Å². The van der Waals surface area contributed by atoms with Gasteiger partial charge >= 0.3 is 0 Å². The summed E-state index contributed by atoms with van der Waals surface area (Å²) in [6.07, 6.45) is 1.45. The standard InChI is InChI=1S/C25H22N4O4S/c1-16-8-10-20-19(12-16)24(32)29(18-6-4-3-5-7-18)25(27-20)34-15-23(31)28-26-14-17-9-11-21(30)22(13-17)33-2/h3-14,30H,15H2,1-2H3,(H,28,31)/b26-14+. The fraction of sp³-hybridized carbons (Fsp3) is 0.120. The minimum atomic E-state index is -0.357. The van der Waals surface area contributed by atoms with Crippen molar-refractivity contribution in [3.05, 3.63) is 88.2 Å². The van der Waals surface area contributed by atoms with Crippen LogP contribution in [0.1, 0.15) is 11.1 Å². The van der Waals surface area contributed by atoms with Gasteiger partial charge in [-0.15, -0.1) is 0 Å². The van der Waals surface area contributed by atoms with Gasteiger partial charge in [0.25, 0.3) is 11.5 Å². The number of aryl methyl sites for hydroxylation is 1. The Morgan fingerprint density at radius 2 is 1.97 bits per heavy atom. The largest absolute Gasteiger partial charge is 0.504 e. The van der Waals surface area contributed by atoms with Gasteiger partial charge in [0.15, 0.2) is 16.7 Å². The first-order valence-corrected chi connectivity index (χ1v) is 11.4. The number of fused-ring (bicyclic) bond motifs is 1. The van der Waals surface area contributed by atoms with Gasteiger partial charge in [0.05, 0.1) is 35.7 Å². The highest BCUT2D eigenvalue weighted by Crippen LogP contribution is 2.25. The van der Waals surface area contributed by atoms with Crippen molar-refractivity contribution in [2.75, 3.05) is 12.9 Å². The molecule has 3 aromatic carbocycles. The fourth-order valence-corrected chi connectivity index (χ4v) is 4.10. The normalized spacial score (nSPS) is 11.1. The monoisotopic (exact) mass is 474 g/mol. The Morgan fingerprint density at radius 1 is 1.18 bits per heavy atom. The van der Waals surface area contributed by atoms with Crippen molar-refractivity contribution in [2.24, 2.45) is 5.10 Å². The number of hydrogen-bond acceptors (Lipinski definition) is 7. The van der Waals surface area contributed by atoms with E-state index in [1.165, 1.54) is 24.0 Å². The lowest BCUT2D eigenvalue weighted by atomic mass is 10.1. The first-order valence-electron chi connectivity index (χ1n) is 10.4. The number of phenols is 1. The fourth-order valence-electron chi connectivity index (χ4n) is 3.30. The number of benzene rings is 3. The second-order valence-electron chi connectivity index (χ2n) is 7.40. The number of carbonyl (C=O) groups is 1. The molecule has 172 valence electrons. The Bertz CT molecular complexity index is 1430. The molecule has 0 saturated carbocycles. The number of ether oxygens (including phenoxy) is 1. The summed E-state index contributed by atoms with van der Waals surface area (Å²) in [5.74, 6) is -0.0258. The van der Waals surface area contributed by atoms with Crippen LogP contribution in [0.15, 0.2) is 81.8 Å². The Labute approximate surface area is 199 Å². The van der Waals surface area contributed by atoms with Gasteiger partial charge in [-0.3, -0.25) is 14.2 Å². The van der Waals surface area contributed by atoms with Gasteiger partial charge in [-0.2, -0.15) is 5.10 Å². The molecule has 34 heavy (non-hydrogen) atoms. The Kier molecular flexibility index (Phi) is 6.93. The highest BCUT2D eigenvalue weighted by molar-refractivity contribution is 7.99. The minimum Gasteiger partial charge on any atom is -0.504 e. The molecular weight excluding hydrogens is 452 g/mol. The van der Waals surface area contributed by atoms with Gasteiger partial charge in [0.2, 0.25) is 0 Å². The number of hydrazone groups is 1. The van der Waals surface area contributed by atoms with Gasteiger partial charge < -0.3 is 9.84 Å². The topological polar surface area (TPSA) is 106 Å². The molecule has 4 aromatic rings. The summed E-state index contributed by atoms with van der Waals surface area (Å²) in [5.41, 5.74) is 5.13. The van der Waals surface area contributed by atoms with Crippen LogP contribution in [0.2, 0.25) is 0 Å². The molecule has 1 amide bonds. The van der Waals surface area contributed by atoms with E-state index < -0.39 is 0 Å². The Balaban J connectivity index is 1.54. The van der Waals surface area contributed by atoms with Crippen molar-refractivity contribution < 1.29 is 14.6 Å². The van der Waals surface area contributed by atoms with E-state index in [1.54, 1.807) is 12.1 Å². The summed E-state index contributed by atoms with van der Waals surface area (Å²) in [6, 6.07) is 19.4. The number of nitrogens with one attached hydrogen (secondary N) is 1. The number of carbonyl (C=O) groups excluding carboxylic acids is 1. The zero-order valence-electron chi connectivity index (χ0n) is 18.6. The van der Waals surface area contributed by atoms with E-state index in [-0.39, 0.29) is 23.0 Å². The first-order chi connectivity index (χ1) is 16.5. The number of phenolic OH excluding ortho intramolecular Hbond substituents is 1. The van der Waals surface area contributed by atoms with Crippen molar-refractivity contribution in [3.63, 3.8) is 0 Å². The van der Waals surface area contributed by atoms with Gasteiger partial charge in [0, 0.05) is 0 Å². The number of hydrogen-bond donors (Lipinski definition) is 2. The van der Waals surface area contributed by atoms with Crippen molar-refractivity contribution in [3.8, 4) is 17.2 Å². The average Bonchev–Trinajstić information content (AvgIpc) is 2.85. The number of para-hydroxylation sites is 1. The van der Waals surface area contributed by atoms with Gasteiger partial charge in [0.1, 0.15) is 0 Å². The molecule has 1 heterocycles. The van der Waals surface area contributed by atoms with E-state index >= 15 is 0 Å². The maximum atomic E-state index is 13.3. The van der Waals surface area contributed by atoms with Crippen LogP contribution in [0.5, 0.6) is 11.5 Å². The summed E-state index contributed by atoms with van der Waals surface area (Å²) in [7, 11) is 1.45. The summed E-state index contributed by atoms with van der Waals surface area (Å²) < 4.78 is 6.58. The zero-order chi connectivity index (χ0) is 24.1. The van der Waals surface area contributed by atoms with E-state index in [9.17, 15) is 14.7 Å². The van der Waals surface area contributed by atoms with E-state index in [0.717, 1.165) is 17.3 Å². The number of aromatic hydroxyl groups is 1. The Hall–Kier alpha value is -4.11. The predicted molar refractivity (Wildman–Crippen MR) is 133 cm³/mol. The third-order valence-corrected chi connectivity index (χ3v) is 5.88. The van der Waals surface area contributed by atoms with Crippen LogP contribution in [0, 0.1) is 6.92 Å². The lowest BCUT2D eigenvalue weighted by molar-refractivity contribution is -0.118. The summed E-state index contributed by atoms with van der Waals surface area (Å²) in [6.45, 7) is 1.92. The number of methoxy groups -OCH3 is 1. The molecule has 8 nitrogen and oxygen atoms in total. The van der Waals surface area contributed by atoms with Crippen LogP contribution in [0.3, 0.4) is 0 Å². The molecule has 0 unspecified atom stereocenters. The highest BCUT2D eigenvalue weighted by atomic mass is 32.2. The first kappa shape index (κ1) is 23.1. The van der Waals surface area contributed by atoms with E-state index in [0.29, 0.717) is 33.1 Å². The van der Waals surface area contributed by atoms with Crippen LogP contribution in [-0.4, -0.2) is 39.6 Å². The molecule has 0 fully saturated rings. The van der Waals surface area contributed by atoms with Crippen molar-refractivity contribution in [1.29, 1.82) is 0 Å². The highest BCUT2D eigenvalue weighted by Gasteiger charge is 2.15. The second-order valence-corrected chi connectivity index (χ2v) is 8.35. The maximum Gasteiger partial charge on any atom is 0.266 e. The van der Waals surface area contributed by atoms with E-state index in [1.807, 2.05) is 55.5 Å². The van der Waals surface area contributed by atoms with Crippen LogP contribution < -0.4 is 15.7 Å². The molecule has 2 N–H and O–H groups in total. The van der Waals surface area contributed by atoms with Crippen molar-refractivity contribution >= 4 is 34.8 Å². The third-order valence-electron chi connectivity index (χ3n) is 4.95. The smallest absolute Gasteiger partial charge is 0.266 e. The van der Waals surface area contributed by atoms with Gasteiger partial charge in [-0.05, 0) is 55.0 Å². The van der Waals surface area contributed by atoms with E-state index in [2.05, 4.69) is 15.5 Å². The minimum absolute atomic E-state index is 0.00683. The predicted octanol–water partition coefficient (Wildman–Crippen LogP) is 3.65. The third kappa shape index (κ3) is 5.10. The van der Waals surface area contributed by atoms with Crippen LogP contribution >= 0.6 is 11.8 Å². The number of rotatable bonds is 7. The van der Waals surface area contributed by atoms with Crippen LogP contribution in [-0.2, 0) is 4.79 Å². The Morgan fingerprint density at radius 3 is 2.74 bits per heavy atom. The molecule has 0 bridgehead atoms. The van der Waals surface area contributed by atoms with Crippen LogP contribution in [0.4, 0.5) is 0 Å². The number of aromatic nitrogens is 2. The molecule has 1 aromatic heterocycles. The summed E-state index contributed by atoms with van der Waals surface area (Å²) in [4.78, 5) is 30.4. The molecule has 0 saturated heterocycles. The number of nitrogens with zero attached hydrogens (tertiary/aromatic N) is 3. The maximum absolute atomic E-state index is 13.3.